The number of rotatable bonds is 10. The summed E-state index contributed by atoms with van der Waals surface area (Å²) in [6.07, 6.45) is 2.51. The van der Waals surface area contributed by atoms with Crippen LogP contribution in [0.3, 0.4) is 0 Å². The molecule has 1 saturated carbocycles. The van der Waals surface area contributed by atoms with E-state index in [2.05, 4.69) is 30.9 Å². The van der Waals surface area contributed by atoms with Crippen LogP contribution in [0, 0.1) is 18.8 Å². The molecule has 1 aliphatic carbocycles. The molecular weight excluding hydrogens is 654 g/mol. The lowest BCUT2D eigenvalue weighted by Gasteiger charge is -2.36. The van der Waals surface area contributed by atoms with Gasteiger partial charge in [0, 0.05) is 41.4 Å². The van der Waals surface area contributed by atoms with Crippen molar-refractivity contribution in [3.8, 4) is 22.5 Å². The number of nitrogens with one attached hydrogen (secondary N) is 2. The Hall–Kier alpha value is -5.86. The van der Waals surface area contributed by atoms with Gasteiger partial charge in [0.05, 0.1) is 0 Å². The molecule has 15 heteroatoms. The average molecular weight is 700 g/mol. The van der Waals surface area contributed by atoms with Gasteiger partial charge in [0.2, 0.25) is 11.8 Å². The number of pyridine rings is 1. The maximum absolute atomic E-state index is 14.4. The summed E-state index contributed by atoms with van der Waals surface area (Å²) in [7, 11) is 0. The number of nitrogens with two attached hydrogens (primary N) is 2. The van der Waals surface area contributed by atoms with Crippen LogP contribution in [0.15, 0.2) is 60.7 Å². The number of aromatic nitrogens is 5. The van der Waals surface area contributed by atoms with E-state index in [-0.39, 0.29) is 30.6 Å². The van der Waals surface area contributed by atoms with Crippen molar-refractivity contribution in [1.29, 1.82) is 0 Å². The Morgan fingerprint density at radius 1 is 1.02 bits per heavy atom. The molecule has 51 heavy (non-hydrogen) atoms. The maximum Gasteiger partial charge on any atom is 0.407 e. The standard InChI is InChI=1S/C35H43N9O4.CH2O2/c1-21-28(17-18-30(36)39-21)24-9-5-22(6-10-24)19-29(31(37)45)44(27-15-13-25(14-16-27)32-40-42-43-41-32)33(46)26-11-7-23(8-12-26)20-38-34(47)48-35(2,3)4;2-1-3/h5-6,9-10,13-18,23,26,29H,7-8,11-12,19-20H2,1-4H3,(H2,36,39)(H2,37,45)(H,38,47)(H,40,41,42,43);1H,(H,2,3)/t23-,26-,29-;/m0./s1. The average Bonchev–Trinajstić information content (AvgIpc) is 3.63. The van der Waals surface area contributed by atoms with Gasteiger partial charge in [-0.15, -0.1) is 5.10 Å². The molecule has 2 aromatic carbocycles. The number of benzene rings is 2. The third-order valence-electron chi connectivity index (χ3n) is 8.57. The fourth-order valence-corrected chi connectivity index (χ4v) is 6.12. The van der Waals surface area contributed by atoms with E-state index in [4.69, 9.17) is 26.1 Å². The molecule has 270 valence electrons. The zero-order valence-electron chi connectivity index (χ0n) is 29.2. The van der Waals surface area contributed by atoms with Gasteiger partial charge >= 0.3 is 6.09 Å². The summed E-state index contributed by atoms with van der Waals surface area (Å²) < 4.78 is 5.36. The number of alkyl carbamates (subject to hydrolysis) is 1. The van der Waals surface area contributed by atoms with E-state index in [1.165, 1.54) is 0 Å². The van der Waals surface area contributed by atoms with Crippen LogP contribution < -0.4 is 21.7 Å². The number of hydrogen-bond acceptors (Lipinski definition) is 10. The normalized spacial score (nSPS) is 16.2. The highest BCUT2D eigenvalue weighted by atomic mass is 16.6. The van der Waals surface area contributed by atoms with Gasteiger partial charge in [-0.3, -0.25) is 19.3 Å². The van der Waals surface area contributed by atoms with Crippen LogP contribution >= 0.6 is 0 Å². The number of carbonyl (C=O) groups excluding carboxylic acids is 3. The van der Waals surface area contributed by atoms with Crippen molar-refractivity contribution in [1.82, 2.24) is 30.9 Å². The number of carboxylic acid groups (broad SMARTS) is 1. The van der Waals surface area contributed by atoms with Crippen LogP contribution in [0.4, 0.5) is 16.3 Å². The van der Waals surface area contributed by atoms with Crippen molar-refractivity contribution in [2.45, 2.75) is 71.4 Å². The first kappa shape index (κ1) is 38.0. The highest BCUT2D eigenvalue weighted by Crippen LogP contribution is 2.33. The smallest absolute Gasteiger partial charge is 0.407 e. The van der Waals surface area contributed by atoms with Crippen molar-refractivity contribution in [3.05, 3.63) is 71.9 Å². The van der Waals surface area contributed by atoms with Gasteiger partial charge < -0.3 is 26.6 Å². The maximum atomic E-state index is 14.4. The van der Waals surface area contributed by atoms with Crippen LogP contribution in [0.1, 0.15) is 57.7 Å². The molecule has 0 unspecified atom stereocenters. The van der Waals surface area contributed by atoms with Crippen LogP contribution in [-0.2, 0) is 25.5 Å². The van der Waals surface area contributed by atoms with Crippen molar-refractivity contribution in [2.24, 2.45) is 17.6 Å². The minimum absolute atomic E-state index is 0.161. The van der Waals surface area contributed by atoms with E-state index in [1.807, 2.05) is 58.0 Å². The summed E-state index contributed by atoms with van der Waals surface area (Å²) in [4.78, 5) is 53.9. The quantitative estimate of drug-likeness (QED) is 0.147. The summed E-state index contributed by atoms with van der Waals surface area (Å²) in [6, 6.07) is 17.7. The lowest BCUT2D eigenvalue weighted by molar-refractivity contribution is -0.127. The zero-order valence-corrected chi connectivity index (χ0v) is 29.2. The molecule has 2 heterocycles. The first-order valence-electron chi connectivity index (χ1n) is 16.6. The minimum atomic E-state index is -0.937. The summed E-state index contributed by atoms with van der Waals surface area (Å²) in [6.45, 7) is 7.60. The Balaban J connectivity index is 0.00000188. The summed E-state index contributed by atoms with van der Waals surface area (Å²) in [5, 5.41) is 23.7. The Morgan fingerprint density at radius 3 is 2.20 bits per heavy atom. The molecule has 15 nitrogen and oxygen atoms in total. The number of anilines is 2. The van der Waals surface area contributed by atoms with Crippen molar-refractivity contribution >= 4 is 35.9 Å². The summed E-state index contributed by atoms with van der Waals surface area (Å²) in [5.41, 5.74) is 16.2. The highest BCUT2D eigenvalue weighted by Gasteiger charge is 2.36. The SMILES string of the molecule is Cc1nc(N)ccc1-c1ccc(C[C@@H](C(N)=O)N(c2ccc(-c3nnn[nH]3)cc2)C(=O)[C@H]2CC[C@H](CNC(=O)OC(C)(C)C)CC2)cc1.O=CO. The van der Waals surface area contributed by atoms with Crippen LogP contribution in [0.5, 0.6) is 0 Å². The number of amides is 3. The lowest BCUT2D eigenvalue weighted by atomic mass is 9.81. The number of aryl methyl sites for hydroxylation is 1. The van der Waals surface area contributed by atoms with Gasteiger partial charge in [-0.1, -0.05) is 24.3 Å². The highest BCUT2D eigenvalue weighted by molar-refractivity contribution is 6.01. The second-order valence-electron chi connectivity index (χ2n) is 13.4. The molecule has 7 N–H and O–H groups in total. The third kappa shape index (κ3) is 10.6. The van der Waals surface area contributed by atoms with E-state index in [9.17, 15) is 14.4 Å². The van der Waals surface area contributed by atoms with Crippen LogP contribution in [0.2, 0.25) is 0 Å². The number of primary amides is 1. The van der Waals surface area contributed by atoms with Gasteiger partial charge in [-0.25, -0.2) is 14.9 Å². The zero-order chi connectivity index (χ0) is 37.1. The number of nitrogen functional groups attached to an aromatic ring is 1. The summed E-state index contributed by atoms with van der Waals surface area (Å²) in [5.74, 6) is 0.0759. The molecule has 3 amide bonds. The van der Waals surface area contributed by atoms with E-state index in [0.717, 1.165) is 40.8 Å². The topological polar surface area (TPSA) is 232 Å². The molecule has 2 aromatic heterocycles. The summed E-state index contributed by atoms with van der Waals surface area (Å²) >= 11 is 0. The van der Waals surface area contributed by atoms with Crippen LogP contribution in [-0.4, -0.2) is 73.3 Å². The van der Waals surface area contributed by atoms with Gasteiger partial charge in [-0.2, -0.15) is 0 Å². The van der Waals surface area contributed by atoms with Crippen molar-refractivity contribution in [2.75, 3.05) is 17.2 Å². The lowest BCUT2D eigenvalue weighted by Crippen LogP contribution is -2.52. The number of carbonyl (C=O) groups is 4. The first-order chi connectivity index (χ1) is 24.3. The largest absolute Gasteiger partial charge is 0.483 e. The van der Waals surface area contributed by atoms with Crippen molar-refractivity contribution in [3.63, 3.8) is 0 Å². The molecule has 5 rings (SSSR count). The molecule has 0 radical (unpaired) electrons. The molecule has 4 aromatic rings. The number of tetrazole rings is 1. The molecule has 0 aliphatic heterocycles. The number of nitrogens with zero attached hydrogens (tertiary/aromatic N) is 5. The monoisotopic (exact) mass is 699 g/mol. The molecule has 0 spiro atoms. The number of hydrogen-bond donors (Lipinski definition) is 5. The molecule has 1 fully saturated rings. The molecule has 1 atom stereocenters. The third-order valence-corrected chi connectivity index (χ3v) is 8.57. The molecule has 1 aliphatic rings. The van der Waals surface area contributed by atoms with E-state index >= 15 is 0 Å². The fraction of sp³-hybridized carbons (Fsp3) is 0.389. The first-order valence-corrected chi connectivity index (χ1v) is 16.6. The minimum Gasteiger partial charge on any atom is -0.483 e. The van der Waals surface area contributed by atoms with E-state index < -0.39 is 23.6 Å². The van der Waals surface area contributed by atoms with Crippen LogP contribution in [0.25, 0.3) is 22.5 Å². The van der Waals surface area contributed by atoms with E-state index in [0.29, 0.717) is 36.7 Å². The molecular formula is C36H45N9O6. The predicted molar refractivity (Wildman–Crippen MR) is 191 cm³/mol. The molecule has 0 bridgehead atoms. The number of ether oxygens (including phenoxy) is 1. The Bertz CT molecular complexity index is 1770. The van der Waals surface area contributed by atoms with Gasteiger partial charge in [0.1, 0.15) is 17.5 Å². The second kappa shape index (κ2) is 17.2. The van der Waals surface area contributed by atoms with Gasteiger partial charge in [0.25, 0.3) is 6.47 Å². The Morgan fingerprint density at radius 2 is 1.65 bits per heavy atom. The van der Waals surface area contributed by atoms with Gasteiger partial charge in [0.15, 0.2) is 5.82 Å². The van der Waals surface area contributed by atoms with E-state index in [1.54, 1.807) is 35.2 Å². The Kier molecular flexibility index (Phi) is 12.8. The van der Waals surface area contributed by atoms with Gasteiger partial charge in [-0.05, 0) is 117 Å². The fourth-order valence-electron chi connectivity index (χ4n) is 6.12. The predicted octanol–water partition coefficient (Wildman–Crippen LogP) is 4.28. The Labute approximate surface area is 296 Å². The van der Waals surface area contributed by atoms with Crippen molar-refractivity contribution < 1.29 is 29.0 Å². The number of aromatic amines is 1. The second-order valence-corrected chi connectivity index (χ2v) is 13.4. The molecule has 0 saturated heterocycles. The number of H-pyrrole nitrogens is 1.